The molecule has 28 heavy (non-hydrogen) atoms. The van der Waals surface area contributed by atoms with Gasteiger partial charge >= 0.3 is 12.1 Å². The zero-order valence-corrected chi connectivity index (χ0v) is 15.0. The van der Waals surface area contributed by atoms with Crippen LogP contribution in [0.5, 0.6) is 0 Å². The molecule has 1 rings (SSSR count). The van der Waals surface area contributed by atoms with Gasteiger partial charge in [-0.3, -0.25) is 19.7 Å². The van der Waals surface area contributed by atoms with Crippen LogP contribution < -0.4 is 0 Å². The Morgan fingerprint density at radius 2 is 1.79 bits per heavy atom. The third-order valence-corrected chi connectivity index (χ3v) is 3.56. The van der Waals surface area contributed by atoms with Gasteiger partial charge in [0.05, 0.1) is 17.8 Å². The summed E-state index contributed by atoms with van der Waals surface area (Å²) in [5.74, 6) is -8.03. The lowest BCUT2D eigenvalue weighted by Gasteiger charge is -2.20. The fraction of sp³-hybridized carbons (Fsp3) is 0.412. The molecule has 0 spiro atoms. The predicted octanol–water partition coefficient (Wildman–Crippen LogP) is 4.58. The van der Waals surface area contributed by atoms with Crippen LogP contribution in [-0.2, 0) is 15.5 Å². The third-order valence-electron chi connectivity index (χ3n) is 3.56. The number of nitro benzene ring substituents is 1. The standard InChI is InChI=1S/C17H16F5NO5/c1-4-28-8-12(14(24)9(2)3)15(25)11-6-5-10(7-13(11)23(26)27)16(18,19)17(20,21)22/h5-9H,4H2,1-3H3/b12-8-. The molecular formula is C17H16F5NO5. The minimum Gasteiger partial charge on any atom is -0.501 e. The van der Waals surface area contributed by atoms with E-state index in [0.717, 1.165) is 6.26 Å². The predicted molar refractivity (Wildman–Crippen MR) is 86.9 cm³/mol. The number of hydrogen-bond acceptors (Lipinski definition) is 5. The molecule has 11 heteroatoms. The number of ketones is 2. The molecule has 6 nitrogen and oxygen atoms in total. The molecule has 0 saturated carbocycles. The molecule has 1 aromatic rings. The van der Waals surface area contributed by atoms with E-state index in [9.17, 15) is 41.7 Å². The second-order valence-electron chi connectivity index (χ2n) is 5.90. The van der Waals surface area contributed by atoms with Gasteiger partial charge in [0.25, 0.3) is 5.69 Å². The number of rotatable bonds is 8. The van der Waals surface area contributed by atoms with E-state index in [0.29, 0.717) is 6.07 Å². The van der Waals surface area contributed by atoms with Crippen LogP contribution >= 0.6 is 0 Å². The molecule has 0 aliphatic carbocycles. The van der Waals surface area contributed by atoms with E-state index in [1.165, 1.54) is 20.8 Å². The van der Waals surface area contributed by atoms with E-state index < -0.39 is 56.9 Å². The SMILES string of the molecule is CCO/C=C(\C(=O)c1ccc(C(F)(F)C(F)(F)F)cc1[N+](=O)[O-])C(=O)C(C)C. The number of nitrogens with zero attached hydrogens (tertiary/aromatic N) is 1. The van der Waals surface area contributed by atoms with E-state index >= 15 is 0 Å². The van der Waals surface area contributed by atoms with Crippen LogP contribution in [0, 0.1) is 16.0 Å². The van der Waals surface area contributed by atoms with Gasteiger partial charge in [-0.1, -0.05) is 19.9 Å². The average molecular weight is 409 g/mol. The van der Waals surface area contributed by atoms with Gasteiger partial charge in [0, 0.05) is 17.5 Å². The van der Waals surface area contributed by atoms with Gasteiger partial charge in [-0.05, 0) is 13.0 Å². The van der Waals surface area contributed by atoms with Crippen LogP contribution in [-0.4, -0.2) is 29.3 Å². The first kappa shape index (κ1) is 23.2. The minimum atomic E-state index is -5.99. The summed E-state index contributed by atoms with van der Waals surface area (Å²) in [6.45, 7) is 4.48. The summed E-state index contributed by atoms with van der Waals surface area (Å²) in [5.41, 5.74) is -4.39. The number of ether oxygens (including phenoxy) is 1. The van der Waals surface area contributed by atoms with Crippen LogP contribution in [0.4, 0.5) is 27.6 Å². The van der Waals surface area contributed by atoms with Crippen molar-refractivity contribution in [2.24, 2.45) is 5.92 Å². The van der Waals surface area contributed by atoms with Crippen molar-refractivity contribution in [3.63, 3.8) is 0 Å². The maximum atomic E-state index is 13.5. The molecule has 0 aliphatic heterocycles. The molecule has 0 bridgehead atoms. The summed E-state index contributed by atoms with van der Waals surface area (Å²) in [4.78, 5) is 34.7. The Morgan fingerprint density at radius 1 is 1.21 bits per heavy atom. The first-order valence-corrected chi connectivity index (χ1v) is 7.89. The van der Waals surface area contributed by atoms with Crippen molar-refractivity contribution in [1.29, 1.82) is 0 Å². The Balaban J connectivity index is 3.58. The second kappa shape index (κ2) is 8.44. The van der Waals surface area contributed by atoms with Gasteiger partial charge in [-0.15, -0.1) is 0 Å². The molecule has 0 aliphatic rings. The Labute approximate surface area is 156 Å². The minimum absolute atomic E-state index is 0.0289. The maximum absolute atomic E-state index is 13.5. The molecular weight excluding hydrogens is 393 g/mol. The number of alkyl halides is 5. The van der Waals surface area contributed by atoms with Crippen LogP contribution in [0.1, 0.15) is 36.7 Å². The van der Waals surface area contributed by atoms with Crippen molar-refractivity contribution in [2.75, 3.05) is 6.61 Å². The number of allylic oxidation sites excluding steroid dienone is 1. The van der Waals surface area contributed by atoms with Crippen molar-refractivity contribution in [3.8, 4) is 0 Å². The van der Waals surface area contributed by atoms with E-state index in [-0.39, 0.29) is 18.7 Å². The third kappa shape index (κ3) is 4.70. The lowest BCUT2D eigenvalue weighted by atomic mass is 9.93. The first-order valence-electron chi connectivity index (χ1n) is 7.89. The van der Waals surface area contributed by atoms with E-state index in [1.54, 1.807) is 0 Å². The molecule has 154 valence electrons. The lowest BCUT2D eigenvalue weighted by Crippen LogP contribution is -2.33. The molecule has 0 saturated heterocycles. The number of carbonyl (C=O) groups is 2. The van der Waals surface area contributed by atoms with E-state index in [4.69, 9.17) is 4.74 Å². The van der Waals surface area contributed by atoms with Gasteiger partial charge in [0.2, 0.25) is 5.78 Å². The average Bonchev–Trinajstić information content (AvgIpc) is 2.59. The molecule has 0 N–H and O–H groups in total. The number of carbonyl (C=O) groups excluding carboxylic acids is 2. The van der Waals surface area contributed by atoms with Crippen LogP contribution in [0.15, 0.2) is 30.0 Å². The lowest BCUT2D eigenvalue weighted by molar-refractivity contribution is -0.385. The smallest absolute Gasteiger partial charge is 0.458 e. The number of nitro groups is 1. The highest BCUT2D eigenvalue weighted by Gasteiger charge is 2.59. The molecule has 0 unspecified atom stereocenters. The highest BCUT2D eigenvalue weighted by atomic mass is 19.4. The maximum Gasteiger partial charge on any atom is 0.458 e. The molecule has 0 fully saturated rings. The Kier molecular flexibility index (Phi) is 6.99. The van der Waals surface area contributed by atoms with Gasteiger partial charge in [0.1, 0.15) is 11.1 Å². The largest absolute Gasteiger partial charge is 0.501 e. The molecule has 0 radical (unpaired) electrons. The van der Waals surface area contributed by atoms with E-state index in [2.05, 4.69) is 0 Å². The summed E-state index contributed by atoms with van der Waals surface area (Å²) >= 11 is 0. The normalized spacial score (nSPS) is 12.8. The molecule has 0 heterocycles. The van der Waals surface area contributed by atoms with Gasteiger partial charge in [-0.25, -0.2) is 0 Å². The van der Waals surface area contributed by atoms with Crippen molar-refractivity contribution in [1.82, 2.24) is 0 Å². The highest BCUT2D eigenvalue weighted by Crippen LogP contribution is 2.45. The number of hydrogen-bond donors (Lipinski definition) is 0. The topological polar surface area (TPSA) is 86.5 Å². The Morgan fingerprint density at radius 3 is 2.21 bits per heavy atom. The fourth-order valence-electron chi connectivity index (χ4n) is 2.08. The van der Waals surface area contributed by atoms with Gasteiger partial charge < -0.3 is 4.74 Å². The van der Waals surface area contributed by atoms with Crippen molar-refractivity contribution >= 4 is 17.3 Å². The first-order chi connectivity index (χ1) is 12.8. The van der Waals surface area contributed by atoms with Crippen molar-refractivity contribution < 1.29 is 41.2 Å². The molecule has 0 amide bonds. The Bertz CT molecular complexity index is 815. The van der Waals surface area contributed by atoms with Gasteiger partial charge in [-0.2, -0.15) is 22.0 Å². The molecule has 1 aromatic carbocycles. The quantitative estimate of drug-likeness (QED) is 0.0917. The number of halogens is 5. The van der Waals surface area contributed by atoms with Crippen molar-refractivity contribution in [3.05, 3.63) is 51.3 Å². The molecule has 0 aromatic heterocycles. The van der Waals surface area contributed by atoms with Crippen LogP contribution in [0.2, 0.25) is 0 Å². The zero-order valence-electron chi connectivity index (χ0n) is 15.0. The zero-order chi connectivity index (χ0) is 21.9. The second-order valence-corrected chi connectivity index (χ2v) is 5.90. The summed E-state index contributed by atoms with van der Waals surface area (Å²) < 4.78 is 69.4. The summed E-state index contributed by atoms with van der Waals surface area (Å²) in [6, 6.07) is 0.688. The highest BCUT2D eigenvalue weighted by molar-refractivity contribution is 6.27. The van der Waals surface area contributed by atoms with Gasteiger partial charge in [0.15, 0.2) is 5.78 Å². The van der Waals surface area contributed by atoms with Crippen LogP contribution in [0.3, 0.4) is 0 Å². The summed E-state index contributed by atoms with van der Waals surface area (Å²) in [7, 11) is 0. The Hall–Kier alpha value is -2.85. The summed E-state index contributed by atoms with van der Waals surface area (Å²) in [5, 5.41) is 11.2. The summed E-state index contributed by atoms with van der Waals surface area (Å²) in [6.07, 6.45) is -5.20. The monoisotopic (exact) mass is 409 g/mol. The molecule has 0 atom stereocenters. The van der Waals surface area contributed by atoms with E-state index in [1.807, 2.05) is 0 Å². The van der Waals surface area contributed by atoms with Crippen molar-refractivity contribution in [2.45, 2.75) is 32.9 Å². The van der Waals surface area contributed by atoms with Crippen LogP contribution in [0.25, 0.3) is 0 Å². The number of benzene rings is 1. The number of Topliss-reactive ketones (excluding diaryl/α,β-unsaturated/α-hetero) is 2. The fourth-order valence-corrected chi connectivity index (χ4v) is 2.08.